The number of hydrogen-bond acceptors (Lipinski definition) is 4. The van der Waals surface area contributed by atoms with E-state index in [1.165, 1.54) is 6.26 Å². The van der Waals surface area contributed by atoms with Crippen molar-refractivity contribution in [3.63, 3.8) is 0 Å². The van der Waals surface area contributed by atoms with Crippen LogP contribution in [0.4, 0.5) is 0 Å². The van der Waals surface area contributed by atoms with Gasteiger partial charge in [0.15, 0.2) is 9.84 Å². The first kappa shape index (κ1) is 17.7. The molecular weight excluding hydrogens is 342 g/mol. The summed E-state index contributed by atoms with van der Waals surface area (Å²) in [6.45, 7) is 9.23. The lowest BCUT2D eigenvalue weighted by molar-refractivity contribution is 0.475. The summed E-state index contributed by atoms with van der Waals surface area (Å²) in [5.41, 5.74) is 1.98. The van der Waals surface area contributed by atoms with Crippen LogP contribution in [0.15, 0.2) is 4.47 Å². The smallest absolute Gasteiger partial charge is 0.151 e. The van der Waals surface area contributed by atoms with Gasteiger partial charge in [0.05, 0.1) is 21.1 Å². The van der Waals surface area contributed by atoms with Crippen LogP contribution >= 0.6 is 15.9 Å². The molecule has 1 heterocycles. The van der Waals surface area contributed by atoms with E-state index in [0.29, 0.717) is 6.42 Å². The third kappa shape index (κ3) is 4.05. The molecule has 0 aliphatic rings. The van der Waals surface area contributed by atoms with Gasteiger partial charge in [-0.3, -0.25) is 4.68 Å². The minimum atomic E-state index is -3.08. The van der Waals surface area contributed by atoms with Crippen LogP contribution in [0.1, 0.15) is 32.2 Å². The molecule has 0 saturated carbocycles. The highest BCUT2D eigenvalue weighted by Gasteiger charge is 2.27. The first-order valence-corrected chi connectivity index (χ1v) is 9.61. The van der Waals surface area contributed by atoms with Gasteiger partial charge in [-0.05, 0) is 43.2 Å². The predicted molar refractivity (Wildman–Crippen MR) is 85.8 cm³/mol. The molecule has 0 aliphatic heterocycles. The summed E-state index contributed by atoms with van der Waals surface area (Å²) in [6, 6.07) is -0.118. The van der Waals surface area contributed by atoms with Gasteiger partial charge >= 0.3 is 0 Å². The Morgan fingerprint density at radius 2 is 2.00 bits per heavy atom. The lowest BCUT2D eigenvalue weighted by atomic mass is 10.1. The maximum Gasteiger partial charge on any atom is 0.151 e. The number of aryl methyl sites for hydroxylation is 2. The van der Waals surface area contributed by atoms with Crippen molar-refractivity contribution >= 4 is 25.8 Å². The molecule has 0 aromatic carbocycles. The summed E-state index contributed by atoms with van der Waals surface area (Å²) in [5, 5.41) is 7.30. The molecule has 116 valence electrons. The molecule has 2 unspecified atom stereocenters. The zero-order valence-electron chi connectivity index (χ0n) is 12.8. The molecule has 0 spiro atoms. The van der Waals surface area contributed by atoms with Crippen molar-refractivity contribution in [3.05, 3.63) is 15.9 Å². The molecule has 1 rings (SSSR count). The van der Waals surface area contributed by atoms with E-state index in [2.05, 4.69) is 26.3 Å². The summed E-state index contributed by atoms with van der Waals surface area (Å²) in [6.07, 6.45) is 1.93. The van der Waals surface area contributed by atoms with Crippen LogP contribution in [-0.4, -0.2) is 42.3 Å². The molecule has 0 bridgehead atoms. The average Bonchev–Trinajstić information content (AvgIpc) is 2.63. The van der Waals surface area contributed by atoms with Crippen LogP contribution in [-0.2, 0) is 22.8 Å². The number of rotatable bonds is 7. The van der Waals surface area contributed by atoms with Crippen molar-refractivity contribution in [2.45, 2.75) is 52.0 Å². The van der Waals surface area contributed by atoms with E-state index in [0.717, 1.165) is 29.0 Å². The van der Waals surface area contributed by atoms with E-state index in [4.69, 9.17) is 0 Å². The summed E-state index contributed by atoms with van der Waals surface area (Å²) in [4.78, 5) is 0. The molecule has 2 atom stereocenters. The Morgan fingerprint density at radius 3 is 2.45 bits per heavy atom. The highest BCUT2D eigenvalue weighted by molar-refractivity contribution is 9.10. The second kappa shape index (κ2) is 7.04. The van der Waals surface area contributed by atoms with E-state index >= 15 is 0 Å². The number of sulfone groups is 1. The third-order valence-corrected chi connectivity index (χ3v) is 6.29. The number of nitrogens with one attached hydrogen (secondary N) is 1. The first-order chi connectivity index (χ1) is 9.22. The van der Waals surface area contributed by atoms with Crippen LogP contribution in [0.2, 0.25) is 0 Å². The van der Waals surface area contributed by atoms with Crippen molar-refractivity contribution in [3.8, 4) is 0 Å². The zero-order chi connectivity index (χ0) is 15.5. The van der Waals surface area contributed by atoms with E-state index in [9.17, 15) is 8.42 Å². The predicted octanol–water partition coefficient (Wildman–Crippen LogP) is 1.93. The quantitative estimate of drug-likeness (QED) is 0.801. The Hall–Kier alpha value is -0.400. The van der Waals surface area contributed by atoms with Gasteiger partial charge < -0.3 is 5.32 Å². The molecule has 0 saturated heterocycles. The minimum absolute atomic E-state index is 0.118. The molecule has 1 N–H and O–H groups in total. The molecule has 7 heteroatoms. The van der Waals surface area contributed by atoms with E-state index in [1.54, 1.807) is 6.92 Å². The van der Waals surface area contributed by atoms with Crippen molar-refractivity contribution in [2.24, 2.45) is 0 Å². The van der Waals surface area contributed by atoms with Gasteiger partial charge in [-0.1, -0.05) is 6.92 Å². The third-order valence-electron chi connectivity index (χ3n) is 3.57. The fourth-order valence-corrected chi connectivity index (χ4v) is 3.47. The van der Waals surface area contributed by atoms with Crippen LogP contribution in [0.5, 0.6) is 0 Å². The molecular formula is C13H24BrN3O2S. The maximum absolute atomic E-state index is 11.8. The Morgan fingerprint density at radius 1 is 1.40 bits per heavy atom. The molecule has 1 aromatic heterocycles. The second-order valence-electron chi connectivity index (χ2n) is 5.06. The molecule has 0 amide bonds. The van der Waals surface area contributed by atoms with Gasteiger partial charge in [0.25, 0.3) is 0 Å². The highest BCUT2D eigenvalue weighted by Crippen LogP contribution is 2.23. The minimum Gasteiger partial charge on any atom is -0.313 e. The Labute approximate surface area is 130 Å². The summed E-state index contributed by atoms with van der Waals surface area (Å²) in [7, 11) is -3.08. The van der Waals surface area contributed by atoms with E-state index in [-0.39, 0.29) is 6.04 Å². The molecule has 0 fully saturated rings. The lowest BCUT2D eigenvalue weighted by Crippen LogP contribution is -2.44. The molecule has 20 heavy (non-hydrogen) atoms. The SMILES string of the molecule is CCNC(Cc1c(Br)c(C)nn1CC)C(C)S(C)(=O)=O. The Bertz CT molecular complexity index is 554. The van der Waals surface area contributed by atoms with Crippen LogP contribution < -0.4 is 5.32 Å². The van der Waals surface area contributed by atoms with Gasteiger partial charge in [0.1, 0.15) is 0 Å². The Kier molecular flexibility index (Phi) is 6.22. The van der Waals surface area contributed by atoms with Crippen molar-refractivity contribution in [2.75, 3.05) is 12.8 Å². The Balaban J connectivity index is 3.08. The monoisotopic (exact) mass is 365 g/mol. The largest absolute Gasteiger partial charge is 0.313 e. The number of halogens is 1. The normalized spacial score (nSPS) is 15.3. The number of likely N-dealkylation sites (N-methyl/N-ethyl adjacent to an activating group) is 1. The van der Waals surface area contributed by atoms with Crippen molar-refractivity contribution in [1.29, 1.82) is 0 Å². The second-order valence-corrected chi connectivity index (χ2v) is 8.26. The maximum atomic E-state index is 11.8. The van der Waals surface area contributed by atoms with Crippen LogP contribution in [0.25, 0.3) is 0 Å². The number of nitrogens with zero attached hydrogens (tertiary/aromatic N) is 2. The molecule has 1 aromatic rings. The molecule has 0 radical (unpaired) electrons. The van der Waals surface area contributed by atoms with Crippen molar-refractivity contribution < 1.29 is 8.42 Å². The van der Waals surface area contributed by atoms with Gasteiger partial charge in [-0.15, -0.1) is 0 Å². The standard InChI is InChI=1S/C13H24BrN3O2S/c1-6-15-11(10(4)20(5,18)19)8-12-13(14)9(3)16-17(12)7-2/h10-11,15H,6-8H2,1-5H3. The topological polar surface area (TPSA) is 64.0 Å². The van der Waals surface area contributed by atoms with Gasteiger partial charge in [0, 0.05) is 25.3 Å². The fraction of sp³-hybridized carbons (Fsp3) is 0.769. The fourth-order valence-electron chi connectivity index (χ4n) is 2.24. The van der Waals surface area contributed by atoms with Gasteiger partial charge in [-0.25, -0.2) is 8.42 Å². The highest BCUT2D eigenvalue weighted by atomic mass is 79.9. The summed E-state index contributed by atoms with van der Waals surface area (Å²) >= 11 is 3.56. The van der Waals surface area contributed by atoms with E-state index in [1.807, 2.05) is 25.5 Å². The number of aromatic nitrogens is 2. The first-order valence-electron chi connectivity index (χ1n) is 6.86. The zero-order valence-corrected chi connectivity index (χ0v) is 15.2. The summed E-state index contributed by atoms with van der Waals surface area (Å²) in [5.74, 6) is 0. The van der Waals surface area contributed by atoms with Crippen LogP contribution in [0.3, 0.4) is 0 Å². The van der Waals surface area contributed by atoms with Crippen LogP contribution in [0, 0.1) is 6.92 Å². The van der Waals surface area contributed by atoms with E-state index < -0.39 is 15.1 Å². The summed E-state index contributed by atoms with van der Waals surface area (Å²) < 4.78 is 26.5. The molecule has 5 nitrogen and oxygen atoms in total. The van der Waals surface area contributed by atoms with Crippen molar-refractivity contribution in [1.82, 2.24) is 15.1 Å². The van der Waals surface area contributed by atoms with Gasteiger partial charge in [0.2, 0.25) is 0 Å². The lowest BCUT2D eigenvalue weighted by Gasteiger charge is -2.24. The molecule has 0 aliphatic carbocycles. The van der Waals surface area contributed by atoms with Gasteiger partial charge in [-0.2, -0.15) is 5.10 Å². The number of hydrogen-bond donors (Lipinski definition) is 1. The average molecular weight is 366 g/mol.